The summed E-state index contributed by atoms with van der Waals surface area (Å²) in [5.41, 5.74) is 1.99. The fourth-order valence-electron chi connectivity index (χ4n) is 3.93. The lowest BCUT2D eigenvalue weighted by Crippen LogP contribution is -2.46. The fourth-order valence-corrected chi connectivity index (χ4v) is 4.65. The Kier molecular flexibility index (Phi) is 10.8. The van der Waals surface area contributed by atoms with Crippen molar-refractivity contribution < 1.29 is 19.1 Å². The van der Waals surface area contributed by atoms with Crippen LogP contribution in [0.4, 0.5) is 0 Å². The van der Waals surface area contributed by atoms with Gasteiger partial charge >= 0.3 is 0 Å². The second-order valence-corrected chi connectivity index (χ2v) is 9.83. The van der Waals surface area contributed by atoms with E-state index in [1.807, 2.05) is 84.8 Å². The zero-order valence-electron chi connectivity index (χ0n) is 22.1. The number of methoxy groups -OCH3 is 2. The van der Waals surface area contributed by atoms with E-state index in [2.05, 4.69) is 0 Å². The van der Waals surface area contributed by atoms with Crippen molar-refractivity contribution in [3.05, 3.63) is 88.1 Å². The van der Waals surface area contributed by atoms with Crippen LogP contribution in [-0.2, 0) is 22.6 Å². The standard InChI is InChI=1S/C30H36N2O4S/c1-5-23(2)32(29(33)16-14-24-10-7-6-8-11-24)22-30(34)31(21-26-12-9-19-37-26)18-17-25-13-15-27(35-3)28(20-25)36-4/h6-16,19-20,23H,5,17-18,21-22H2,1-4H3. The third-order valence-electron chi connectivity index (χ3n) is 6.33. The molecule has 0 aliphatic rings. The number of thiophene rings is 1. The lowest BCUT2D eigenvalue weighted by molar-refractivity contribution is -0.140. The molecule has 0 saturated heterocycles. The fraction of sp³-hybridized carbons (Fsp3) is 0.333. The summed E-state index contributed by atoms with van der Waals surface area (Å²) in [5, 5.41) is 2.01. The summed E-state index contributed by atoms with van der Waals surface area (Å²) in [5.74, 6) is 1.09. The van der Waals surface area contributed by atoms with E-state index in [1.54, 1.807) is 42.6 Å². The van der Waals surface area contributed by atoms with Gasteiger partial charge in [-0.3, -0.25) is 9.59 Å². The summed E-state index contributed by atoms with van der Waals surface area (Å²) in [7, 11) is 3.22. The summed E-state index contributed by atoms with van der Waals surface area (Å²) < 4.78 is 10.8. The van der Waals surface area contributed by atoms with Gasteiger partial charge in [-0.2, -0.15) is 0 Å². The molecule has 3 aromatic rings. The molecule has 0 saturated carbocycles. The molecular formula is C30H36N2O4S. The molecule has 37 heavy (non-hydrogen) atoms. The van der Waals surface area contributed by atoms with Gasteiger partial charge in [0.2, 0.25) is 11.8 Å². The Morgan fingerprint density at radius 1 is 1.00 bits per heavy atom. The highest BCUT2D eigenvalue weighted by atomic mass is 32.1. The molecule has 0 radical (unpaired) electrons. The lowest BCUT2D eigenvalue weighted by Gasteiger charge is -2.30. The maximum atomic E-state index is 13.6. The molecule has 1 heterocycles. The van der Waals surface area contributed by atoms with Gasteiger partial charge < -0.3 is 19.3 Å². The zero-order valence-corrected chi connectivity index (χ0v) is 22.9. The maximum Gasteiger partial charge on any atom is 0.247 e. The van der Waals surface area contributed by atoms with Crippen molar-refractivity contribution in [1.82, 2.24) is 9.80 Å². The van der Waals surface area contributed by atoms with E-state index in [9.17, 15) is 9.59 Å². The van der Waals surface area contributed by atoms with E-state index in [0.717, 1.165) is 22.4 Å². The van der Waals surface area contributed by atoms with Crippen LogP contribution in [0, 0.1) is 0 Å². The van der Waals surface area contributed by atoms with E-state index >= 15 is 0 Å². The predicted molar refractivity (Wildman–Crippen MR) is 150 cm³/mol. The highest BCUT2D eigenvalue weighted by Crippen LogP contribution is 2.28. The maximum absolute atomic E-state index is 13.6. The Balaban J connectivity index is 1.75. The van der Waals surface area contributed by atoms with Crippen molar-refractivity contribution in [3.63, 3.8) is 0 Å². The molecule has 0 fully saturated rings. The normalized spacial score (nSPS) is 11.8. The Labute approximate surface area is 224 Å². The van der Waals surface area contributed by atoms with E-state index in [4.69, 9.17) is 9.47 Å². The monoisotopic (exact) mass is 520 g/mol. The van der Waals surface area contributed by atoms with Crippen LogP contribution in [0.3, 0.4) is 0 Å². The van der Waals surface area contributed by atoms with Gasteiger partial charge in [-0.1, -0.05) is 49.4 Å². The van der Waals surface area contributed by atoms with Crippen molar-refractivity contribution in [3.8, 4) is 11.5 Å². The largest absolute Gasteiger partial charge is 0.493 e. The summed E-state index contributed by atoms with van der Waals surface area (Å²) in [6.45, 7) is 5.07. The summed E-state index contributed by atoms with van der Waals surface area (Å²) in [6, 6.07) is 19.4. The van der Waals surface area contributed by atoms with Gasteiger partial charge in [0.05, 0.1) is 20.8 Å². The molecule has 196 valence electrons. The molecule has 6 nitrogen and oxygen atoms in total. The van der Waals surface area contributed by atoms with E-state index in [-0.39, 0.29) is 24.4 Å². The van der Waals surface area contributed by atoms with Gasteiger partial charge in [0.25, 0.3) is 0 Å². The van der Waals surface area contributed by atoms with Gasteiger partial charge in [-0.15, -0.1) is 11.3 Å². The van der Waals surface area contributed by atoms with Crippen molar-refractivity contribution in [2.75, 3.05) is 27.3 Å². The predicted octanol–water partition coefficient (Wildman–Crippen LogP) is 5.68. The van der Waals surface area contributed by atoms with Crippen LogP contribution in [0.25, 0.3) is 6.08 Å². The first-order chi connectivity index (χ1) is 17.9. The molecule has 0 aliphatic carbocycles. The molecule has 2 amide bonds. The van der Waals surface area contributed by atoms with Crippen LogP contribution in [0.2, 0.25) is 0 Å². The van der Waals surface area contributed by atoms with E-state index in [1.165, 1.54) is 0 Å². The second-order valence-electron chi connectivity index (χ2n) is 8.80. The van der Waals surface area contributed by atoms with E-state index < -0.39 is 0 Å². The molecule has 1 aromatic heterocycles. The minimum atomic E-state index is -0.164. The third-order valence-corrected chi connectivity index (χ3v) is 7.19. The van der Waals surface area contributed by atoms with Gasteiger partial charge in [0, 0.05) is 23.5 Å². The number of carbonyl (C=O) groups excluding carboxylic acids is 2. The van der Waals surface area contributed by atoms with Crippen molar-refractivity contribution in [2.45, 2.75) is 39.3 Å². The number of nitrogens with zero attached hydrogens (tertiary/aromatic N) is 2. The first-order valence-electron chi connectivity index (χ1n) is 12.5. The van der Waals surface area contributed by atoms with Crippen LogP contribution in [0.15, 0.2) is 72.1 Å². The number of benzene rings is 2. The Bertz CT molecular complexity index is 1160. The Morgan fingerprint density at radius 2 is 1.76 bits per heavy atom. The van der Waals surface area contributed by atoms with Gasteiger partial charge in [-0.25, -0.2) is 0 Å². The molecule has 0 N–H and O–H groups in total. The zero-order chi connectivity index (χ0) is 26.6. The lowest BCUT2D eigenvalue weighted by atomic mass is 10.1. The molecule has 7 heteroatoms. The number of carbonyl (C=O) groups is 2. The second kappa shape index (κ2) is 14.2. The highest BCUT2D eigenvalue weighted by molar-refractivity contribution is 7.09. The summed E-state index contributed by atoms with van der Waals surface area (Å²) in [6.07, 6.45) is 4.77. The van der Waals surface area contributed by atoms with Gasteiger partial charge in [0.1, 0.15) is 6.54 Å². The average molecular weight is 521 g/mol. The van der Waals surface area contributed by atoms with Crippen LogP contribution in [-0.4, -0.2) is 55.0 Å². The number of hydrogen-bond donors (Lipinski definition) is 0. The molecule has 0 aliphatic heterocycles. The quantitative estimate of drug-likeness (QED) is 0.272. The van der Waals surface area contributed by atoms with Gasteiger partial charge in [0.15, 0.2) is 11.5 Å². The molecule has 3 rings (SSSR count). The summed E-state index contributed by atoms with van der Waals surface area (Å²) in [4.78, 5) is 31.3. The van der Waals surface area contributed by atoms with Crippen LogP contribution in [0.1, 0.15) is 36.3 Å². The Morgan fingerprint density at radius 3 is 2.41 bits per heavy atom. The first-order valence-corrected chi connectivity index (χ1v) is 13.4. The van der Waals surface area contributed by atoms with Crippen LogP contribution < -0.4 is 9.47 Å². The SMILES string of the molecule is CCC(C)N(CC(=O)N(CCc1ccc(OC)c(OC)c1)Cc1cccs1)C(=O)C=Cc1ccccc1. The average Bonchev–Trinajstić information content (AvgIpc) is 3.45. The van der Waals surface area contributed by atoms with Crippen molar-refractivity contribution in [1.29, 1.82) is 0 Å². The first kappa shape index (κ1) is 28.0. The van der Waals surface area contributed by atoms with Gasteiger partial charge in [-0.05, 0) is 60.5 Å². The summed E-state index contributed by atoms with van der Waals surface area (Å²) >= 11 is 1.62. The minimum Gasteiger partial charge on any atom is -0.493 e. The van der Waals surface area contributed by atoms with Crippen LogP contribution in [0.5, 0.6) is 11.5 Å². The smallest absolute Gasteiger partial charge is 0.247 e. The van der Waals surface area contributed by atoms with Crippen molar-refractivity contribution >= 4 is 29.2 Å². The molecule has 0 spiro atoms. The molecule has 0 bridgehead atoms. The van der Waals surface area contributed by atoms with Crippen LogP contribution >= 0.6 is 11.3 Å². The Hall–Kier alpha value is -3.58. The van der Waals surface area contributed by atoms with E-state index in [0.29, 0.717) is 31.0 Å². The molecule has 2 aromatic carbocycles. The highest BCUT2D eigenvalue weighted by Gasteiger charge is 2.24. The molecular weight excluding hydrogens is 484 g/mol. The topological polar surface area (TPSA) is 59.1 Å². The van der Waals surface area contributed by atoms with Crippen molar-refractivity contribution in [2.24, 2.45) is 0 Å². The third kappa shape index (κ3) is 8.22. The molecule has 1 atom stereocenters. The number of amides is 2. The number of rotatable bonds is 13. The number of hydrogen-bond acceptors (Lipinski definition) is 5. The minimum absolute atomic E-state index is 0.0320. The number of ether oxygens (including phenoxy) is 2. The molecule has 1 unspecified atom stereocenters.